The molecule has 0 amide bonds. The Morgan fingerprint density at radius 2 is 2.06 bits per heavy atom. The highest BCUT2D eigenvalue weighted by molar-refractivity contribution is 6.06. The minimum atomic E-state index is 0.397. The second kappa shape index (κ2) is 4.70. The molecule has 0 bridgehead atoms. The zero-order valence-electron chi connectivity index (χ0n) is 10.7. The Hall–Kier alpha value is -1.64. The lowest BCUT2D eigenvalue weighted by atomic mass is 9.88. The molecule has 17 heavy (non-hydrogen) atoms. The minimum absolute atomic E-state index is 0.397. The molecule has 1 aliphatic heterocycles. The fourth-order valence-corrected chi connectivity index (χ4v) is 2.30. The van der Waals surface area contributed by atoms with Gasteiger partial charge in [-0.25, -0.2) is 0 Å². The quantitative estimate of drug-likeness (QED) is 0.833. The molecule has 0 spiro atoms. The van der Waals surface area contributed by atoms with Crippen LogP contribution in [0.1, 0.15) is 36.5 Å². The molecule has 1 aromatic rings. The van der Waals surface area contributed by atoms with Crippen molar-refractivity contribution in [3.05, 3.63) is 34.9 Å². The number of nitrogens with two attached hydrogens (primary N) is 1. The number of aryl methyl sites for hydroxylation is 2. The van der Waals surface area contributed by atoms with Crippen molar-refractivity contribution in [1.29, 1.82) is 0 Å². The topological polar surface area (TPSA) is 50.7 Å². The first-order valence-corrected chi connectivity index (χ1v) is 6.09. The van der Waals surface area contributed by atoms with Gasteiger partial charge < -0.3 is 5.73 Å². The van der Waals surface area contributed by atoms with Gasteiger partial charge in [-0.3, -0.25) is 0 Å². The van der Waals surface area contributed by atoms with Crippen molar-refractivity contribution in [3.63, 3.8) is 0 Å². The van der Waals surface area contributed by atoms with Crippen LogP contribution in [-0.4, -0.2) is 11.5 Å². The molecule has 3 heteroatoms. The van der Waals surface area contributed by atoms with E-state index >= 15 is 0 Å². The van der Waals surface area contributed by atoms with E-state index in [2.05, 4.69) is 49.2 Å². The van der Waals surface area contributed by atoms with Crippen molar-refractivity contribution in [2.75, 3.05) is 0 Å². The van der Waals surface area contributed by atoms with Crippen LogP contribution in [0.3, 0.4) is 0 Å². The number of hydrogen-bond acceptors (Lipinski definition) is 3. The third kappa shape index (κ3) is 2.38. The molecule has 0 saturated heterocycles. The molecule has 1 atom stereocenters. The van der Waals surface area contributed by atoms with E-state index in [0.29, 0.717) is 11.8 Å². The van der Waals surface area contributed by atoms with Crippen LogP contribution in [0.25, 0.3) is 0 Å². The maximum Gasteiger partial charge on any atom is 0.123 e. The molecule has 0 aliphatic carbocycles. The SMILES string of the molecule is CCC1CC(N)=NN=C1c1ccc(C)cc1C. The lowest BCUT2D eigenvalue weighted by Gasteiger charge is -2.21. The summed E-state index contributed by atoms with van der Waals surface area (Å²) in [5.41, 5.74) is 10.6. The van der Waals surface area contributed by atoms with E-state index in [9.17, 15) is 0 Å². The number of amidine groups is 1. The van der Waals surface area contributed by atoms with Gasteiger partial charge in [0.1, 0.15) is 5.84 Å². The molecule has 0 radical (unpaired) electrons. The summed E-state index contributed by atoms with van der Waals surface area (Å²) >= 11 is 0. The van der Waals surface area contributed by atoms with Gasteiger partial charge in [-0.1, -0.05) is 30.7 Å². The van der Waals surface area contributed by atoms with Gasteiger partial charge in [0.2, 0.25) is 0 Å². The van der Waals surface area contributed by atoms with E-state index in [0.717, 1.165) is 18.6 Å². The summed E-state index contributed by atoms with van der Waals surface area (Å²) in [6, 6.07) is 6.45. The molecule has 2 N–H and O–H groups in total. The summed E-state index contributed by atoms with van der Waals surface area (Å²) in [5, 5.41) is 8.33. The Morgan fingerprint density at radius 1 is 1.29 bits per heavy atom. The number of rotatable bonds is 2. The van der Waals surface area contributed by atoms with Gasteiger partial charge in [-0.2, -0.15) is 5.10 Å². The average Bonchev–Trinajstić information content (AvgIpc) is 2.30. The second-order valence-corrected chi connectivity index (χ2v) is 4.70. The average molecular weight is 229 g/mol. The van der Waals surface area contributed by atoms with Crippen molar-refractivity contribution >= 4 is 11.5 Å². The molecular formula is C14H19N3. The lowest BCUT2D eigenvalue weighted by molar-refractivity contribution is 0.676. The van der Waals surface area contributed by atoms with E-state index in [1.54, 1.807) is 0 Å². The van der Waals surface area contributed by atoms with E-state index in [-0.39, 0.29) is 0 Å². The van der Waals surface area contributed by atoms with Crippen LogP contribution in [0.2, 0.25) is 0 Å². The first-order chi connectivity index (χ1) is 8.11. The Bertz CT molecular complexity index is 486. The predicted octanol–water partition coefficient (Wildman–Crippen LogP) is 2.79. The fourth-order valence-electron chi connectivity index (χ4n) is 2.30. The van der Waals surface area contributed by atoms with E-state index in [4.69, 9.17) is 5.73 Å². The highest BCUT2D eigenvalue weighted by Gasteiger charge is 2.22. The largest absolute Gasteiger partial charge is 0.386 e. The van der Waals surface area contributed by atoms with E-state index in [1.165, 1.54) is 16.7 Å². The van der Waals surface area contributed by atoms with Gasteiger partial charge >= 0.3 is 0 Å². The minimum Gasteiger partial charge on any atom is -0.386 e. The van der Waals surface area contributed by atoms with Gasteiger partial charge in [0.15, 0.2) is 0 Å². The summed E-state index contributed by atoms with van der Waals surface area (Å²) in [6.07, 6.45) is 1.87. The zero-order valence-corrected chi connectivity index (χ0v) is 10.7. The maximum atomic E-state index is 5.75. The molecule has 3 nitrogen and oxygen atoms in total. The molecule has 2 rings (SSSR count). The van der Waals surface area contributed by atoms with Gasteiger partial charge in [0.25, 0.3) is 0 Å². The first-order valence-electron chi connectivity index (χ1n) is 6.09. The summed E-state index contributed by atoms with van der Waals surface area (Å²) in [7, 11) is 0. The van der Waals surface area contributed by atoms with Gasteiger partial charge in [-0.05, 0) is 25.8 Å². The summed E-state index contributed by atoms with van der Waals surface area (Å²) in [5.74, 6) is 1.04. The normalized spacial score (nSPS) is 19.8. The van der Waals surface area contributed by atoms with Crippen LogP contribution in [0.4, 0.5) is 0 Å². The van der Waals surface area contributed by atoms with Crippen LogP contribution in [0, 0.1) is 19.8 Å². The molecule has 90 valence electrons. The summed E-state index contributed by atoms with van der Waals surface area (Å²) in [4.78, 5) is 0. The summed E-state index contributed by atoms with van der Waals surface area (Å²) < 4.78 is 0. The number of nitrogens with zero attached hydrogens (tertiary/aromatic N) is 2. The van der Waals surface area contributed by atoms with Crippen molar-refractivity contribution < 1.29 is 0 Å². The third-order valence-corrected chi connectivity index (χ3v) is 3.28. The molecule has 1 unspecified atom stereocenters. The van der Waals surface area contributed by atoms with E-state index < -0.39 is 0 Å². The smallest absolute Gasteiger partial charge is 0.123 e. The molecule has 0 aromatic heterocycles. The van der Waals surface area contributed by atoms with Crippen molar-refractivity contribution in [2.45, 2.75) is 33.6 Å². The van der Waals surface area contributed by atoms with Crippen molar-refractivity contribution in [2.24, 2.45) is 21.9 Å². The molecular weight excluding hydrogens is 210 g/mol. The maximum absolute atomic E-state index is 5.75. The van der Waals surface area contributed by atoms with Gasteiger partial charge in [0, 0.05) is 17.9 Å². The number of benzene rings is 1. The van der Waals surface area contributed by atoms with Gasteiger partial charge in [0.05, 0.1) is 5.71 Å². The van der Waals surface area contributed by atoms with Crippen LogP contribution < -0.4 is 5.73 Å². The standard InChI is InChI=1S/C14H19N3/c1-4-11-8-13(15)16-17-14(11)12-6-5-9(2)7-10(12)3/h5-7,11H,4,8H2,1-3H3,(H2,15,16). The zero-order chi connectivity index (χ0) is 12.4. The highest BCUT2D eigenvalue weighted by Crippen LogP contribution is 2.23. The number of hydrogen-bond donors (Lipinski definition) is 1. The van der Waals surface area contributed by atoms with Crippen LogP contribution in [-0.2, 0) is 0 Å². The Labute approximate surface area is 102 Å². The molecule has 1 aromatic carbocycles. The summed E-state index contributed by atoms with van der Waals surface area (Å²) in [6.45, 7) is 6.40. The third-order valence-electron chi connectivity index (χ3n) is 3.28. The van der Waals surface area contributed by atoms with Gasteiger partial charge in [-0.15, -0.1) is 5.10 Å². The molecule has 1 aliphatic rings. The molecule has 0 saturated carbocycles. The van der Waals surface area contributed by atoms with Crippen LogP contribution >= 0.6 is 0 Å². The highest BCUT2D eigenvalue weighted by atomic mass is 15.2. The van der Waals surface area contributed by atoms with Crippen LogP contribution in [0.5, 0.6) is 0 Å². The Kier molecular flexibility index (Phi) is 3.27. The van der Waals surface area contributed by atoms with Crippen LogP contribution in [0.15, 0.2) is 28.4 Å². The van der Waals surface area contributed by atoms with Crippen molar-refractivity contribution in [3.8, 4) is 0 Å². The lowest BCUT2D eigenvalue weighted by Crippen LogP contribution is -2.27. The monoisotopic (exact) mass is 229 g/mol. The molecule has 0 fully saturated rings. The van der Waals surface area contributed by atoms with Crippen molar-refractivity contribution in [1.82, 2.24) is 0 Å². The Balaban J connectivity index is 2.44. The first kappa shape index (κ1) is 11.8. The fraction of sp³-hybridized carbons (Fsp3) is 0.429. The molecule has 1 heterocycles. The Morgan fingerprint density at radius 3 is 2.71 bits per heavy atom. The van der Waals surface area contributed by atoms with E-state index in [1.807, 2.05) is 0 Å². The second-order valence-electron chi connectivity index (χ2n) is 4.70. The predicted molar refractivity (Wildman–Crippen MR) is 72.5 cm³/mol.